The van der Waals surface area contributed by atoms with Crippen LogP contribution in [0, 0.1) is 0 Å². The third-order valence-electron chi connectivity index (χ3n) is 5.54. The first kappa shape index (κ1) is 25.0. The molecule has 1 aliphatic rings. The van der Waals surface area contributed by atoms with Crippen molar-refractivity contribution in [3.63, 3.8) is 0 Å². The Labute approximate surface area is 219 Å². The summed E-state index contributed by atoms with van der Waals surface area (Å²) >= 11 is 0. The number of amides is 2. The van der Waals surface area contributed by atoms with Gasteiger partial charge in [-0.05, 0) is 48.5 Å². The average Bonchev–Trinajstić information content (AvgIpc) is 2.94. The normalized spacial score (nSPS) is 13.5. The molecule has 38 heavy (non-hydrogen) atoms. The molecule has 0 spiro atoms. The molecule has 0 radical (unpaired) electrons. The van der Waals surface area contributed by atoms with Crippen LogP contribution in [0.1, 0.15) is 0 Å². The van der Waals surface area contributed by atoms with Gasteiger partial charge in [-0.2, -0.15) is 15.0 Å². The Morgan fingerprint density at radius 1 is 0.816 bits per heavy atom. The molecule has 2 aromatic heterocycles. The lowest BCUT2D eigenvalue weighted by Crippen LogP contribution is -2.37. The Morgan fingerprint density at radius 3 is 2.16 bits per heavy atom. The fourth-order valence-electron chi connectivity index (χ4n) is 3.65. The molecule has 0 bridgehead atoms. The molecule has 1 fully saturated rings. The van der Waals surface area contributed by atoms with Gasteiger partial charge in [0.25, 0.3) is 10.0 Å². The van der Waals surface area contributed by atoms with E-state index in [4.69, 9.17) is 4.74 Å². The smallest absolute Gasteiger partial charge is 0.323 e. The summed E-state index contributed by atoms with van der Waals surface area (Å²) in [4.78, 5) is 31.6. The van der Waals surface area contributed by atoms with Gasteiger partial charge in [-0.15, -0.1) is 0 Å². The summed E-state index contributed by atoms with van der Waals surface area (Å²) < 4.78 is 33.7. The van der Waals surface area contributed by atoms with E-state index in [0.717, 1.165) is 0 Å². The maximum Gasteiger partial charge on any atom is 0.323 e. The molecular formula is C25H24N8O4S. The standard InChI is InChI=1S/C25H24N8O4S/c34-25(28-20-10-12-26-13-11-20)27-19-8-6-18(7-9-19)22-29-23(31-24(30-22)33-14-16-37-17-15-33)32-38(35,36)21-4-2-1-3-5-21/h1-13H,14-17H2,(H2,26,27,28,34)(H,29,30,31,32). The molecule has 1 saturated heterocycles. The summed E-state index contributed by atoms with van der Waals surface area (Å²) in [5.74, 6) is 0.516. The zero-order chi connectivity index (χ0) is 26.4. The number of aromatic nitrogens is 4. The number of hydrogen-bond donors (Lipinski definition) is 3. The fourth-order valence-corrected chi connectivity index (χ4v) is 4.62. The lowest BCUT2D eigenvalue weighted by molar-refractivity contribution is 0.122. The minimum atomic E-state index is -3.91. The number of morpholine rings is 1. The van der Waals surface area contributed by atoms with E-state index >= 15 is 0 Å². The molecule has 1 aliphatic heterocycles. The number of anilines is 4. The number of pyridine rings is 1. The number of urea groups is 1. The molecule has 3 heterocycles. The van der Waals surface area contributed by atoms with Gasteiger partial charge in [0, 0.05) is 42.4 Å². The Kier molecular flexibility index (Phi) is 7.38. The second kappa shape index (κ2) is 11.2. The molecule has 4 aromatic rings. The van der Waals surface area contributed by atoms with E-state index < -0.39 is 16.1 Å². The van der Waals surface area contributed by atoms with Gasteiger partial charge in [-0.25, -0.2) is 17.9 Å². The quantitative estimate of drug-likeness (QED) is 0.326. The average molecular weight is 533 g/mol. The molecule has 194 valence electrons. The van der Waals surface area contributed by atoms with Gasteiger partial charge in [-0.3, -0.25) is 4.98 Å². The Hall–Kier alpha value is -4.62. The van der Waals surface area contributed by atoms with E-state index in [0.29, 0.717) is 49.2 Å². The summed E-state index contributed by atoms with van der Waals surface area (Å²) in [6.07, 6.45) is 3.16. The number of carbonyl (C=O) groups is 1. The molecular weight excluding hydrogens is 508 g/mol. The van der Waals surface area contributed by atoms with Crippen LogP contribution in [0.25, 0.3) is 11.4 Å². The summed E-state index contributed by atoms with van der Waals surface area (Å²) in [7, 11) is -3.91. The van der Waals surface area contributed by atoms with Crippen LogP contribution in [0.4, 0.5) is 28.1 Å². The predicted octanol–water partition coefficient (Wildman–Crippen LogP) is 3.22. The van der Waals surface area contributed by atoms with Crippen molar-refractivity contribution in [3.8, 4) is 11.4 Å². The summed E-state index contributed by atoms with van der Waals surface area (Å²) in [6.45, 7) is 2.13. The molecule has 5 rings (SSSR count). The fraction of sp³-hybridized carbons (Fsp3) is 0.160. The molecule has 3 N–H and O–H groups in total. The van der Waals surface area contributed by atoms with Gasteiger partial charge < -0.3 is 20.3 Å². The summed E-state index contributed by atoms with van der Waals surface area (Å²) in [6, 6.07) is 17.8. The van der Waals surface area contributed by atoms with Crippen LogP contribution in [0.5, 0.6) is 0 Å². The summed E-state index contributed by atoms with van der Waals surface area (Å²) in [5.41, 5.74) is 1.77. The second-order valence-corrected chi connectivity index (χ2v) is 9.88. The SMILES string of the molecule is O=C(Nc1ccncc1)Nc1ccc(-c2nc(NS(=O)(=O)c3ccccc3)nc(N3CCOCC3)n2)cc1. The van der Waals surface area contributed by atoms with E-state index in [1.54, 1.807) is 67.0 Å². The largest absolute Gasteiger partial charge is 0.378 e. The van der Waals surface area contributed by atoms with Crippen molar-refractivity contribution < 1.29 is 17.9 Å². The van der Waals surface area contributed by atoms with Crippen molar-refractivity contribution in [2.75, 3.05) is 46.6 Å². The first-order chi connectivity index (χ1) is 18.5. The number of carbonyl (C=O) groups excluding carboxylic acids is 1. The molecule has 13 heteroatoms. The van der Waals surface area contributed by atoms with Crippen molar-refractivity contribution in [3.05, 3.63) is 79.1 Å². The highest BCUT2D eigenvalue weighted by Gasteiger charge is 2.21. The van der Waals surface area contributed by atoms with E-state index in [1.165, 1.54) is 12.1 Å². The highest BCUT2D eigenvalue weighted by molar-refractivity contribution is 7.92. The number of nitrogens with one attached hydrogen (secondary N) is 3. The molecule has 2 amide bonds. The zero-order valence-electron chi connectivity index (χ0n) is 20.1. The molecule has 0 unspecified atom stereocenters. The lowest BCUT2D eigenvalue weighted by Gasteiger charge is -2.27. The summed E-state index contributed by atoms with van der Waals surface area (Å²) in [5, 5.41) is 5.47. The maximum absolute atomic E-state index is 12.9. The number of ether oxygens (including phenoxy) is 1. The number of benzene rings is 2. The van der Waals surface area contributed by atoms with E-state index in [2.05, 4.69) is 35.3 Å². The van der Waals surface area contributed by atoms with Crippen LogP contribution in [-0.2, 0) is 14.8 Å². The Balaban J connectivity index is 1.39. The van der Waals surface area contributed by atoms with Crippen molar-refractivity contribution >= 4 is 39.3 Å². The van der Waals surface area contributed by atoms with Crippen LogP contribution < -0.4 is 20.3 Å². The monoisotopic (exact) mass is 532 g/mol. The third kappa shape index (κ3) is 6.19. The minimum Gasteiger partial charge on any atom is -0.378 e. The van der Waals surface area contributed by atoms with Gasteiger partial charge in [0.2, 0.25) is 11.9 Å². The minimum absolute atomic E-state index is 0.0929. The van der Waals surface area contributed by atoms with Crippen molar-refractivity contribution in [2.45, 2.75) is 4.90 Å². The van der Waals surface area contributed by atoms with Crippen molar-refractivity contribution in [2.24, 2.45) is 0 Å². The number of rotatable bonds is 7. The third-order valence-corrected chi connectivity index (χ3v) is 6.88. The molecule has 2 aromatic carbocycles. The zero-order valence-corrected chi connectivity index (χ0v) is 20.9. The van der Waals surface area contributed by atoms with Gasteiger partial charge in [0.1, 0.15) is 0 Å². The topological polar surface area (TPSA) is 151 Å². The first-order valence-corrected chi connectivity index (χ1v) is 13.2. The van der Waals surface area contributed by atoms with E-state index in [1.807, 2.05) is 4.90 Å². The van der Waals surface area contributed by atoms with Crippen molar-refractivity contribution in [1.29, 1.82) is 0 Å². The molecule has 0 saturated carbocycles. The van der Waals surface area contributed by atoms with E-state index in [9.17, 15) is 13.2 Å². The van der Waals surface area contributed by atoms with Crippen LogP contribution in [0.15, 0.2) is 84.0 Å². The predicted molar refractivity (Wildman–Crippen MR) is 142 cm³/mol. The molecule has 0 atom stereocenters. The lowest BCUT2D eigenvalue weighted by atomic mass is 10.2. The maximum atomic E-state index is 12.9. The van der Waals surface area contributed by atoms with Gasteiger partial charge in [-0.1, -0.05) is 18.2 Å². The second-order valence-electron chi connectivity index (χ2n) is 8.19. The number of hydrogen-bond acceptors (Lipinski definition) is 9. The van der Waals surface area contributed by atoms with Crippen LogP contribution >= 0.6 is 0 Å². The number of nitrogens with zero attached hydrogens (tertiary/aromatic N) is 5. The van der Waals surface area contributed by atoms with Gasteiger partial charge in [0.15, 0.2) is 5.82 Å². The first-order valence-electron chi connectivity index (χ1n) is 11.7. The molecule has 0 aliphatic carbocycles. The van der Waals surface area contributed by atoms with E-state index in [-0.39, 0.29) is 16.7 Å². The van der Waals surface area contributed by atoms with Crippen LogP contribution in [0.3, 0.4) is 0 Å². The highest BCUT2D eigenvalue weighted by Crippen LogP contribution is 2.23. The van der Waals surface area contributed by atoms with Crippen LogP contribution in [-0.4, -0.2) is 60.7 Å². The van der Waals surface area contributed by atoms with Crippen LogP contribution in [0.2, 0.25) is 0 Å². The number of sulfonamides is 1. The van der Waals surface area contributed by atoms with Gasteiger partial charge >= 0.3 is 6.03 Å². The highest BCUT2D eigenvalue weighted by atomic mass is 32.2. The van der Waals surface area contributed by atoms with Crippen molar-refractivity contribution in [1.82, 2.24) is 19.9 Å². The Bertz CT molecular complexity index is 1500. The Morgan fingerprint density at radius 2 is 1.47 bits per heavy atom. The molecule has 12 nitrogen and oxygen atoms in total. The van der Waals surface area contributed by atoms with Gasteiger partial charge in [0.05, 0.1) is 18.1 Å².